The number of carbonyl (C=O) groups excluding carboxylic acids is 2. The van der Waals surface area contributed by atoms with Crippen molar-refractivity contribution in [2.24, 2.45) is 0 Å². The number of rotatable bonds is 8. The first-order chi connectivity index (χ1) is 13.0. The van der Waals surface area contributed by atoms with Crippen molar-refractivity contribution in [1.82, 2.24) is 5.32 Å². The molecule has 7 heteroatoms. The second-order valence-corrected chi connectivity index (χ2v) is 5.71. The van der Waals surface area contributed by atoms with E-state index in [-0.39, 0.29) is 18.6 Å². The minimum Gasteiger partial charge on any atom is -0.497 e. The molecule has 1 amide bonds. The first-order valence-corrected chi connectivity index (χ1v) is 8.31. The average molecular weight is 373 g/mol. The van der Waals surface area contributed by atoms with E-state index in [1.54, 1.807) is 44.6 Å². The van der Waals surface area contributed by atoms with Crippen LogP contribution in [0.5, 0.6) is 17.2 Å². The normalized spacial score (nSPS) is 11.3. The predicted octanol–water partition coefficient (Wildman–Crippen LogP) is 2.75. The van der Waals surface area contributed by atoms with Gasteiger partial charge in [0.05, 0.1) is 32.9 Å². The molecule has 0 aliphatic heterocycles. The second-order valence-electron chi connectivity index (χ2n) is 5.71. The monoisotopic (exact) mass is 373 g/mol. The van der Waals surface area contributed by atoms with Crippen molar-refractivity contribution in [2.75, 3.05) is 27.9 Å². The fraction of sp³-hybridized carbons (Fsp3) is 0.300. The van der Waals surface area contributed by atoms with Gasteiger partial charge in [-0.3, -0.25) is 4.79 Å². The Bertz CT molecular complexity index is 805. The number of hydrogen-bond acceptors (Lipinski definition) is 6. The van der Waals surface area contributed by atoms with Gasteiger partial charge in [0.25, 0.3) is 5.91 Å². The maximum atomic E-state index is 12.2. The van der Waals surface area contributed by atoms with Crippen LogP contribution in [-0.4, -0.2) is 39.8 Å². The molecule has 1 N–H and O–H groups in total. The smallest absolute Gasteiger partial charge is 0.337 e. The molecule has 0 saturated heterocycles. The SMILES string of the molecule is COC(=O)c1cccc(OCC(=O)N[C@H](C)c2cc(OC)ccc2OC)c1. The Balaban J connectivity index is 1.99. The Hall–Kier alpha value is -3.22. The lowest BCUT2D eigenvalue weighted by Gasteiger charge is -2.18. The van der Waals surface area contributed by atoms with Gasteiger partial charge in [0, 0.05) is 5.56 Å². The van der Waals surface area contributed by atoms with E-state index in [0.29, 0.717) is 22.8 Å². The summed E-state index contributed by atoms with van der Waals surface area (Å²) in [6, 6.07) is 11.5. The zero-order valence-electron chi connectivity index (χ0n) is 15.8. The van der Waals surface area contributed by atoms with E-state index >= 15 is 0 Å². The lowest BCUT2D eigenvalue weighted by molar-refractivity contribution is -0.123. The number of esters is 1. The van der Waals surface area contributed by atoms with Crippen LogP contribution in [0.2, 0.25) is 0 Å². The van der Waals surface area contributed by atoms with Gasteiger partial charge in [-0.1, -0.05) is 6.07 Å². The molecule has 7 nitrogen and oxygen atoms in total. The summed E-state index contributed by atoms with van der Waals surface area (Å²) in [4.78, 5) is 23.8. The van der Waals surface area contributed by atoms with Crippen LogP contribution >= 0.6 is 0 Å². The van der Waals surface area contributed by atoms with Crippen molar-refractivity contribution in [2.45, 2.75) is 13.0 Å². The van der Waals surface area contributed by atoms with E-state index in [1.807, 2.05) is 13.0 Å². The highest BCUT2D eigenvalue weighted by Gasteiger charge is 2.16. The van der Waals surface area contributed by atoms with Crippen LogP contribution in [0, 0.1) is 0 Å². The number of nitrogens with one attached hydrogen (secondary N) is 1. The van der Waals surface area contributed by atoms with Gasteiger partial charge in [0.15, 0.2) is 6.61 Å². The molecule has 2 aromatic carbocycles. The third-order valence-electron chi connectivity index (χ3n) is 3.91. The molecular formula is C20H23NO6. The summed E-state index contributed by atoms with van der Waals surface area (Å²) in [7, 11) is 4.44. The first kappa shape index (κ1) is 20.1. The lowest BCUT2D eigenvalue weighted by Crippen LogP contribution is -2.31. The van der Waals surface area contributed by atoms with Crippen LogP contribution in [0.1, 0.15) is 28.9 Å². The van der Waals surface area contributed by atoms with E-state index < -0.39 is 5.97 Å². The number of ether oxygens (including phenoxy) is 4. The zero-order chi connectivity index (χ0) is 19.8. The zero-order valence-corrected chi connectivity index (χ0v) is 15.8. The molecule has 2 rings (SSSR count). The molecule has 0 aliphatic rings. The van der Waals surface area contributed by atoms with Crippen LogP contribution in [0.25, 0.3) is 0 Å². The molecule has 0 radical (unpaired) electrons. The fourth-order valence-electron chi connectivity index (χ4n) is 2.52. The van der Waals surface area contributed by atoms with Crippen LogP contribution in [-0.2, 0) is 9.53 Å². The maximum absolute atomic E-state index is 12.2. The van der Waals surface area contributed by atoms with E-state index in [4.69, 9.17) is 14.2 Å². The molecule has 2 aromatic rings. The highest BCUT2D eigenvalue weighted by atomic mass is 16.5. The molecule has 27 heavy (non-hydrogen) atoms. The van der Waals surface area contributed by atoms with Gasteiger partial charge in [0.1, 0.15) is 17.2 Å². The van der Waals surface area contributed by atoms with Crippen LogP contribution < -0.4 is 19.5 Å². The van der Waals surface area contributed by atoms with Crippen molar-refractivity contribution < 1.29 is 28.5 Å². The quantitative estimate of drug-likeness (QED) is 0.717. The fourth-order valence-corrected chi connectivity index (χ4v) is 2.52. The predicted molar refractivity (Wildman–Crippen MR) is 99.4 cm³/mol. The summed E-state index contributed by atoms with van der Waals surface area (Å²) in [6.07, 6.45) is 0. The third-order valence-corrected chi connectivity index (χ3v) is 3.91. The van der Waals surface area contributed by atoms with E-state index in [2.05, 4.69) is 10.1 Å². The average Bonchev–Trinajstić information content (AvgIpc) is 2.71. The molecular weight excluding hydrogens is 350 g/mol. The molecule has 144 valence electrons. The van der Waals surface area contributed by atoms with Crippen LogP contribution in [0.3, 0.4) is 0 Å². The highest BCUT2D eigenvalue weighted by Crippen LogP contribution is 2.29. The summed E-state index contributed by atoms with van der Waals surface area (Å²) < 4.78 is 20.7. The molecule has 0 aliphatic carbocycles. The summed E-state index contributed by atoms with van der Waals surface area (Å²) in [5, 5.41) is 2.85. The molecule has 0 unspecified atom stereocenters. The van der Waals surface area contributed by atoms with E-state index in [1.165, 1.54) is 13.2 Å². The topological polar surface area (TPSA) is 83.1 Å². The summed E-state index contributed by atoms with van der Waals surface area (Å²) in [5.74, 6) is 0.942. The van der Waals surface area contributed by atoms with Crippen molar-refractivity contribution in [3.8, 4) is 17.2 Å². The van der Waals surface area contributed by atoms with Gasteiger partial charge in [-0.05, 0) is 43.3 Å². The lowest BCUT2D eigenvalue weighted by atomic mass is 10.1. The van der Waals surface area contributed by atoms with Crippen molar-refractivity contribution in [1.29, 1.82) is 0 Å². The molecule has 0 saturated carbocycles. The number of hydrogen-bond donors (Lipinski definition) is 1. The van der Waals surface area contributed by atoms with Crippen LogP contribution in [0.15, 0.2) is 42.5 Å². The largest absolute Gasteiger partial charge is 0.497 e. The Morgan fingerprint density at radius 1 is 1.00 bits per heavy atom. The van der Waals surface area contributed by atoms with Crippen molar-refractivity contribution in [3.63, 3.8) is 0 Å². The molecule has 0 fully saturated rings. The van der Waals surface area contributed by atoms with Gasteiger partial charge >= 0.3 is 5.97 Å². The molecule has 1 atom stereocenters. The first-order valence-electron chi connectivity index (χ1n) is 8.31. The third kappa shape index (κ3) is 5.37. The van der Waals surface area contributed by atoms with Gasteiger partial charge in [-0.2, -0.15) is 0 Å². The number of amides is 1. The minimum absolute atomic E-state index is 0.193. The van der Waals surface area contributed by atoms with E-state index in [9.17, 15) is 9.59 Å². The van der Waals surface area contributed by atoms with Gasteiger partial charge in [-0.25, -0.2) is 4.79 Å². The van der Waals surface area contributed by atoms with Gasteiger partial charge in [0.2, 0.25) is 0 Å². The maximum Gasteiger partial charge on any atom is 0.337 e. The Labute approximate surface area is 158 Å². The van der Waals surface area contributed by atoms with Gasteiger partial charge < -0.3 is 24.3 Å². The molecule has 0 aromatic heterocycles. The van der Waals surface area contributed by atoms with Gasteiger partial charge in [-0.15, -0.1) is 0 Å². The molecule has 0 heterocycles. The van der Waals surface area contributed by atoms with E-state index in [0.717, 1.165) is 5.56 Å². The number of methoxy groups -OCH3 is 3. The van der Waals surface area contributed by atoms with Crippen molar-refractivity contribution in [3.05, 3.63) is 53.6 Å². The highest BCUT2D eigenvalue weighted by molar-refractivity contribution is 5.89. The second kappa shape index (κ2) is 9.47. The number of benzene rings is 2. The Kier molecular flexibility index (Phi) is 7.05. The van der Waals surface area contributed by atoms with Crippen LogP contribution in [0.4, 0.5) is 0 Å². The van der Waals surface area contributed by atoms with Crippen molar-refractivity contribution >= 4 is 11.9 Å². The number of carbonyl (C=O) groups is 2. The standard InChI is InChI=1S/C20H23NO6/c1-13(17-11-15(24-2)8-9-18(17)25-3)21-19(22)12-27-16-7-5-6-14(10-16)20(23)26-4/h5-11,13H,12H2,1-4H3,(H,21,22)/t13-/m1/s1. The Morgan fingerprint density at radius 2 is 1.78 bits per heavy atom. The Morgan fingerprint density at radius 3 is 2.44 bits per heavy atom. The summed E-state index contributed by atoms with van der Waals surface area (Å²) in [6.45, 7) is 1.65. The minimum atomic E-state index is -0.469. The molecule has 0 bridgehead atoms. The summed E-state index contributed by atoms with van der Waals surface area (Å²) >= 11 is 0. The summed E-state index contributed by atoms with van der Waals surface area (Å²) in [5.41, 5.74) is 1.14. The molecule has 0 spiro atoms.